The zero-order valence-electron chi connectivity index (χ0n) is 12.2. The molecule has 0 saturated heterocycles. The van der Waals surface area contributed by atoms with Crippen LogP contribution in [0.1, 0.15) is 12.5 Å². The lowest BCUT2D eigenvalue weighted by Crippen LogP contribution is -2.00. The fourth-order valence-corrected chi connectivity index (χ4v) is 2.83. The third kappa shape index (κ3) is 2.72. The van der Waals surface area contributed by atoms with Gasteiger partial charge in [0, 0.05) is 23.2 Å². The fourth-order valence-electron chi connectivity index (χ4n) is 2.51. The number of hydrogen-bond acceptors (Lipinski definition) is 2. The minimum atomic E-state index is 0.696. The molecule has 1 N–H and O–H groups in total. The van der Waals surface area contributed by atoms with Gasteiger partial charge in [0.05, 0.1) is 16.2 Å². The van der Waals surface area contributed by atoms with E-state index in [1.807, 2.05) is 31.2 Å². The maximum absolute atomic E-state index is 6.40. The molecule has 0 amide bonds. The van der Waals surface area contributed by atoms with E-state index in [2.05, 4.69) is 36.5 Å². The number of pyridine rings is 1. The number of hydrogen-bond donors (Lipinski definition) is 1. The van der Waals surface area contributed by atoms with E-state index < -0.39 is 0 Å². The van der Waals surface area contributed by atoms with Crippen molar-refractivity contribution < 1.29 is 0 Å². The fraction of sp³-hybridized carbons (Fsp3) is 0.167. The molecule has 0 bridgehead atoms. The first-order valence-electron chi connectivity index (χ1n) is 7.09. The Morgan fingerprint density at radius 1 is 1.10 bits per heavy atom. The van der Waals surface area contributed by atoms with Crippen LogP contribution < -0.4 is 5.32 Å². The summed E-state index contributed by atoms with van der Waals surface area (Å²) in [5.41, 5.74) is 5.09. The number of rotatable bonds is 3. The maximum Gasteiger partial charge on any atom is 0.0916 e. The second-order valence-electron chi connectivity index (χ2n) is 5.09. The Hall–Kier alpha value is -2.06. The Morgan fingerprint density at radius 2 is 1.86 bits per heavy atom. The summed E-state index contributed by atoms with van der Waals surface area (Å²) in [5, 5.41) is 5.18. The van der Waals surface area contributed by atoms with Gasteiger partial charge in [-0.25, -0.2) is 4.98 Å². The molecule has 0 unspecified atom stereocenters. The monoisotopic (exact) mass is 296 g/mol. The Morgan fingerprint density at radius 3 is 2.57 bits per heavy atom. The van der Waals surface area contributed by atoms with Crippen molar-refractivity contribution >= 4 is 28.2 Å². The van der Waals surface area contributed by atoms with Crippen molar-refractivity contribution in [3.05, 3.63) is 59.1 Å². The van der Waals surface area contributed by atoms with E-state index in [4.69, 9.17) is 16.6 Å². The second kappa shape index (κ2) is 5.74. The Bertz CT molecular complexity index is 782. The molecule has 3 aromatic rings. The minimum Gasteiger partial charge on any atom is -0.385 e. The SMILES string of the molecule is CCNc1cc(-c2ccccc2)nc2c(Cl)cc(C)cc12. The van der Waals surface area contributed by atoms with E-state index in [9.17, 15) is 0 Å². The molecule has 2 aromatic carbocycles. The van der Waals surface area contributed by atoms with Crippen molar-refractivity contribution in [1.29, 1.82) is 0 Å². The number of benzene rings is 2. The number of nitrogens with one attached hydrogen (secondary N) is 1. The first-order chi connectivity index (χ1) is 10.2. The van der Waals surface area contributed by atoms with Gasteiger partial charge in [0.25, 0.3) is 0 Å². The smallest absolute Gasteiger partial charge is 0.0916 e. The van der Waals surface area contributed by atoms with Crippen LogP contribution in [0.3, 0.4) is 0 Å². The zero-order chi connectivity index (χ0) is 14.8. The molecular formula is C18H17ClN2. The summed E-state index contributed by atoms with van der Waals surface area (Å²) in [5.74, 6) is 0. The van der Waals surface area contributed by atoms with Crippen LogP contribution in [0.5, 0.6) is 0 Å². The molecule has 0 aliphatic heterocycles. The molecule has 0 radical (unpaired) electrons. The number of anilines is 1. The number of halogens is 1. The molecule has 3 rings (SSSR count). The lowest BCUT2D eigenvalue weighted by Gasteiger charge is -2.12. The minimum absolute atomic E-state index is 0.696. The molecule has 3 heteroatoms. The number of aryl methyl sites for hydroxylation is 1. The lowest BCUT2D eigenvalue weighted by molar-refractivity contribution is 1.21. The molecule has 0 fully saturated rings. The van der Waals surface area contributed by atoms with Gasteiger partial charge in [-0.2, -0.15) is 0 Å². The first kappa shape index (κ1) is 13.9. The van der Waals surface area contributed by atoms with Crippen LogP contribution in [0.25, 0.3) is 22.2 Å². The predicted octanol–water partition coefficient (Wildman–Crippen LogP) is 5.30. The van der Waals surface area contributed by atoms with Crippen LogP contribution in [0.4, 0.5) is 5.69 Å². The summed E-state index contributed by atoms with van der Waals surface area (Å²) < 4.78 is 0. The molecule has 2 nitrogen and oxygen atoms in total. The number of nitrogens with zero attached hydrogens (tertiary/aromatic N) is 1. The molecule has 1 aromatic heterocycles. The maximum atomic E-state index is 6.40. The quantitative estimate of drug-likeness (QED) is 0.710. The van der Waals surface area contributed by atoms with Gasteiger partial charge >= 0.3 is 0 Å². The van der Waals surface area contributed by atoms with E-state index in [0.717, 1.165) is 40.0 Å². The molecule has 0 atom stereocenters. The van der Waals surface area contributed by atoms with Crippen LogP contribution in [0.15, 0.2) is 48.5 Å². The molecule has 106 valence electrons. The summed E-state index contributed by atoms with van der Waals surface area (Å²) in [6.07, 6.45) is 0. The highest BCUT2D eigenvalue weighted by atomic mass is 35.5. The standard InChI is InChI=1S/C18H17ClN2/c1-3-20-17-11-16(13-7-5-4-6-8-13)21-18-14(17)9-12(2)10-15(18)19/h4-11H,3H2,1-2H3,(H,20,21). The van der Waals surface area contributed by atoms with Crippen LogP contribution in [0, 0.1) is 6.92 Å². The molecule has 0 spiro atoms. The molecule has 21 heavy (non-hydrogen) atoms. The second-order valence-corrected chi connectivity index (χ2v) is 5.50. The van der Waals surface area contributed by atoms with Gasteiger partial charge in [0.15, 0.2) is 0 Å². The molecule has 0 aliphatic rings. The average Bonchev–Trinajstić information content (AvgIpc) is 2.49. The van der Waals surface area contributed by atoms with Gasteiger partial charge in [0.1, 0.15) is 0 Å². The Balaban J connectivity index is 2.29. The summed E-state index contributed by atoms with van der Waals surface area (Å²) >= 11 is 6.40. The van der Waals surface area contributed by atoms with Crippen LogP contribution in [0.2, 0.25) is 5.02 Å². The third-order valence-electron chi connectivity index (χ3n) is 3.45. The van der Waals surface area contributed by atoms with Gasteiger partial charge in [-0.05, 0) is 37.6 Å². The van der Waals surface area contributed by atoms with Crippen LogP contribution >= 0.6 is 11.6 Å². The number of fused-ring (bicyclic) bond motifs is 1. The first-order valence-corrected chi connectivity index (χ1v) is 7.47. The average molecular weight is 297 g/mol. The Labute approximate surface area is 129 Å². The third-order valence-corrected chi connectivity index (χ3v) is 3.74. The Kier molecular flexibility index (Phi) is 3.80. The van der Waals surface area contributed by atoms with Crippen LogP contribution in [-0.2, 0) is 0 Å². The van der Waals surface area contributed by atoms with Gasteiger partial charge in [-0.1, -0.05) is 41.9 Å². The zero-order valence-corrected chi connectivity index (χ0v) is 12.9. The van der Waals surface area contributed by atoms with Gasteiger partial charge in [-0.15, -0.1) is 0 Å². The van der Waals surface area contributed by atoms with E-state index in [1.54, 1.807) is 0 Å². The normalized spacial score (nSPS) is 10.8. The summed E-state index contributed by atoms with van der Waals surface area (Å²) in [6, 6.07) is 16.3. The summed E-state index contributed by atoms with van der Waals surface area (Å²) in [6.45, 7) is 5.00. The highest BCUT2D eigenvalue weighted by molar-refractivity contribution is 6.35. The van der Waals surface area contributed by atoms with Crippen molar-refractivity contribution in [2.75, 3.05) is 11.9 Å². The highest BCUT2D eigenvalue weighted by Gasteiger charge is 2.10. The number of aromatic nitrogens is 1. The largest absolute Gasteiger partial charge is 0.385 e. The van der Waals surface area contributed by atoms with E-state index in [1.165, 1.54) is 0 Å². The summed E-state index contributed by atoms with van der Waals surface area (Å²) in [4.78, 5) is 4.76. The lowest BCUT2D eigenvalue weighted by atomic mass is 10.1. The van der Waals surface area contributed by atoms with Crippen molar-refractivity contribution in [1.82, 2.24) is 4.98 Å². The molecule has 0 saturated carbocycles. The van der Waals surface area contributed by atoms with E-state index in [-0.39, 0.29) is 0 Å². The molecular weight excluding hydrogens is 280 g/mol. The van der Waals surface area contributed by atoms with E-state index in [0.29, 0.717) is 5.02 Å². The predicted molar refractivity (Wildman–Crippen MR) is 91.1 cm³/mol. The van der Waals surface area contributed by atoms with Gasteiger partial charge in [-0.3, -0.25) is 0 Å². The van der Waals surface area contributed by atoms with Crippen molar-refractivity contribution in [2.24, 2.45) is 0 Å². The van der Waals surface area contributed by atoms with E-state index >= 15 is 0 Å². The van der Waals surface area contributed by atoms with Gasteiger partial charge < -0.3 is 5.32 Å². The van der Waals surface area contributed by atoms with Crippen molar-refractivity contribution in [3.63, 3.8) is 0 Å². The molecule has 0 aliphatic carbocycles. The molecule has 1 heterocycles. The summed E-state index contributed by atoms with van der Waals surface area (Å²) in [7, 11) is 0. The van der Waals surface area contributed by atoms with Crippen molar-refractivity contribution in [3.8, 4) is 11.3 Å². The van der Waals surface area contributed by atoms with Crippen LogP contribution in [-0.4, -0.2) is 11.5 Å². The van der Waals surface area contributed by atoms with Crippen molar-refractivity contribution in [2.45, 2.75) is 13.8 Å². The topological polar surface area (TPSA) is 24.9 Å². The highest BCUT2D eigenvalue weighted by Crippen LogP contribution is 2.33. The van der Waals surface area contributed by atoms with Gasteiger partial charge in [0.2, 0.25) is 0 Å².